The molecule has 26 heavy (non-hydrogen) atoms. The number of hydrogen-bond acceptors (Lipinski definition) is 3. The van der Waals surface area contributed by atoms with Gasteiger partial charge >= 0.3 is 0 Å². The largest absolute Gasteiger partial charge is 0.456 e. The average Bonchev–Trinajstić information content (AvgIpc) is 3.16. The number of likely N-dealkylation sites (N-methyl/N-ethyl adjacent to an activating group) is 1. The Labute approximate surface area is 159 Å². The van der Waals surface area contributed by atoms with Gasteiger partial charge in [-0.2, -0.15) is 0 Å². The van der Waals surface area contributed by atoms with Crippen molar-refractivity contribution in [3.8, 4) is 5.75 Å². The van der Waals surface area contributed by atoms with Gasteiger partial charge in [-0.15, -0.1) is 11.3 Å². The van der Waals surface area contributed by atoms with Crippen molar-refractivity contribution in [1.29, 1.82) is 0 Å². The molecule has 0 amide bonds. The summed E-state index contributed by atoms with van der Waals surface area (Å²) in [6, 6.07) is 21.6. The predicted octanol–water partition coefficient (Wildman–Crippen LogP) is 5.55. The van der Waals surface area contributed by atoms with Gasteiger partial charge in [-0.25, -0.2) is 0 Å². The summed E-state index contributed by atoms with van der Waals surface area (Å²) >= 11 is 1.73. The average molecular weight is 362 g/mol. The Kier molecular flexibility index (Phi) is 4.66. The van der Waals surface area contributed by atoms with Gasteiger partial charge in [-0.05, 0) is 49.7 Å². The monoisotopic (exact) mass is 361 g/mol. The maximum absolute atomic E-state index is 6.43. The van der Waals surface area contributed by atoms with E-state index in [1.807, 2.05) is 6.07 Å². The summed E-state index contributed by atoms with van der Waals surface area (Å²) in [7, 11) is 4.23. The first kappa shape index (κ1) is 17.1. The van der Waals surface area contributed by atoms with E-state index in [0.717, 1.165) is 18.1 Å². The third kappa shape index (κ3) is 3.20. The topological polar surface area (TPSA) is 12.5 Å². The van der Waals surface area contributed by atoms with Crippen LogP contribution in [0.5, 0.6) is 5.75 Å². The molecule has 3 heteroatoms. The highest BCUT2D eigenvalue weighted by atomic mass is 32.1. The van der Waals surface area contributed by atoms with Crippen LogP contribution in [0.3, 0.4) is 0 Å². The van der Waals surface area contributed by atoms with Crippen molar-refractivity contribution in [2.45, 2.75) is 12.8 Å². The van der Waals surface area contributed by atoms with Crippen molar-refractivity contribution < 1.29 is 4.74 Å². The summed E-state index contributed by atoms with van der Waals surface area (Å²) in [5, 5.41) is 2.11. The van der Waals surface area contributed by atoms with Gasteiger partial charge in [0, 0.05) is 18.0 Å². The molecule has 0 N–H and O–H groups in total. The summed E-state index contributed by atoms with van der Waals surface area (Å²) in [6.45, 7) is 3.00. The number of nitrogens with zero attached hydrogens (tertiary/aromatic N) is 1. The molecular formula is C23H23NOS. The van der Waals surface area contributed by atoms with Crippen LogP contribution >= 0.6 is 11.3 Å². The molecule has 0 aliphatic carbocycles. The number of thiophene rings is 1. The molecule has 2 aromatic carbocycles. The second-order valence-electron chi connectivity index (χ2n) is 7.05. The molecule has 1 aliphatic rings. The predicted molar refractivity (Wildman–Crippen MR) is 110 cm³/mol. The molecular weight excluding hydrogens is 338 g/mol. The number of para-hydroxylation sites is 1. The molecule has 1 aliphatic heterocycles. The van der Waals surface area contributed by atoms with Gasteiger partial charge in [-0.3, -0.25) is 0 Å². The van der Waals surface area contributed by atoms with Crippen LogP contribution in [0, 0.1) is 6.92 Å². The molecule has 4 rings (SSSR count). The maximum Gasteiger partial charge on any atom is 0.146 e. The van der Waals surface area contributed by atoms with Gasteiger partial charge in [0.05, 0.1) is 4.88 Å². The molecule has 0 unspecified atom stereocenters. The number of rotatable bonds is 4. The summed E-state index contributed by atoms with van der Waals surface area (Å²) < 4.78 is 6.43. The van der Waals surface area contributed by atoms with E-state index in [1.54, 1.807) is 11.3 Å². The third-order valence-corrected chi connectivity index (χ3v) is 5.59. The second-order valence-corrected chi connectivity index (χ2v) is 8.00. The van der Waals surface area contributed by atoms with E-state index in [0.29, 0.717) is 0 Å². The molecule has 3 aromatic rings. The van der Waals surface area contributed by atoms with Crippen molar-refractivity contribution >= 4 is 17.1 Å². The van der Waals surface area contributed by atoms with E-state index in [4.69, 9.17) is 4.74 Å². The van der Waals surface area contributed by atoms with E-state index in [-0.39, 0.29) is 5.92 Å². The SMILES string of the molecule is Cc1ccc([C@H]2C(CN(C)C)=C(c3cccs3)Oc3ccccc32)cc1. The Bertz CT molecular complexity index is 923. The normalized spacial score (nSPS) is 16.5. The zero-order valence-corrected chi connectivity index (χ0v) is 16.2. The highest BCUT2D eigenvalue weighted by molar-refractivity contribution is 7.11. The molecule has 0 radical (unpaired) electrons. The summed E-state index contributed by atoms with van der Waals surface area (Å²) in [4.78, 5) is 3.41. The van der Waals surface area contributed by atoms with Crippen molar-refractivity contribution in [3.05, 3.63) is 93.2 Å². The quantitative estimate of drug-likeness (QED) is 0.604. The first-order valence-corrected chi connectivity index (χ1v) is 9.76. The highest BCUT2D eigenvalue weighted by Crippen LogP contribution is 2.46. The first-order valence-electron chi connectivity index (χ1n) is 8.88. The molecule has 2 heterocycles. The lowest BCUT2D eigenvalue weighted by Crippen LogP contribution is -2.25. The molecule has 0 fully saturated rings. The van der Waals surface area contributed by atoms with Gasteiger partial charge in [0.1, 0.15) is 11.5 Å². The van der Waals surface area contributed by atoms with Crippen molar-refractivity contribution in [2.75, 3.05) is 20.6 Å². The lowest BCUT2D eigenvalue weighted by atomic mass is 9.81. The number of aryl methyl sites for hydroxylation is 1. The van der Waals surface area contributed by atoms with Crippen LogP contribution in [0.4, 0.5) is 0 Å². The van der Waals surface area contributed by atoms with Crippen LogP contribution in [0.15, 0.2) is 71.6 Å². The summed E-state index contributed by atoms with van der Waals surface area (Å²) in [5.74, 6) is 2.18. The van der Waals surface area contributed by atoms with E-state index in [2.05, 4.69) is 85.9 Å². The Hall–Kier alpha value is -2.36. The van der Waals surface area contributed by atoms with E-state index in [9.17, 15) is 0 Å². The van der Waals surface area contributed by atoms with Gasteiger partial charge in [-0.1, -0.05) is 54.1 Å². The number of benzene rings is 2. The van der Waals surface area contributed by atoms with E-state index < -0.39 is 0 Å². The van der Waals surface area contributed by atoms with Gasteiger partial charge in [0.15, 0.2) is 0 Å². The van der Waals surface area contributed by atoms with Crippen LogP contribution in [0.2, 0.25) is 0 Å². The fourth-order valence-corrected chi connectivity index (χ4v) is 4.31. The molecule has 0 saturated heterocycles. The van der Waals surface area contributed by atoms with Crippen LogP contribution < -0.4 is 4.74 Å². The maximum atomic E-state index is 6.43. The van der Waals surface area contributed by atoms with Crippen molar-refractivity contribution in [2.24, 2.45) is 0 Å². The second kappa shape index (κ2) is 7.10. The summed E-state index contributed by atoms with van der Waals surface area (Å²) in [5.41, 5.74) is 5.16. The van der Waals surface area contributed by atoms with Gasteiger partial charge < -0.3 is 9.64 Å². The van der Waals surface area contributed by atoms with Crippen molar-refractivity contribution in [1.82, 2.24) is 4.90 Å². The minimum absolute atomic E-state index is 0.208. The molecule has 1 aromatic heterocycles. The fourth-order valence-electron chi connectivity index (χ4n) is 3.57. The van der Waals surface area contributed by atoms with Gasteiger partial charge in [0.25, 0.3) is 0 Å². The summed E-state index contributed by atoms with van der Waals surface area (Å²) in [6.07, 6.45) is 0. The Morgan fingerprint density at radius 1 is 0.962 bits per heavy atom. The molecule has 0 bridgehead atoms. The Morgan fingerprint density at radius 2 is 1.73 bits per heavy atom. The van der Waals surface area contributed by atoms with Gasteiger partial charge in [0.2, 0.25) is 0 Å². The van der Waals surface area contributed by atoms with Crippen molar-refractivity contribution in [3.63, 3.8) is 0 Å². The highest BCUT2D eigenvalue weighted by Gasteiger charge is 2.32. The fraction of sp³-hybridized carbons (Fsp3) is 0.217. The number of ether oxygens (including phenoxy) is 1. The zero-order chi connectivity index (χ0) is 18.1. The van der Waals surface area contributed by atoms with Crippen LogP contribution in [0.1, 0.15) is 27.5 Å². The van der Waals surface area contributed by atoms with Crippen LogP contribution in [0.25, 0.3) is 5.76 Å². The Morgan fingerprint density at radius 3 is 2.42 bits per heavy atom. The molecule has 0 spiro atoms. The van der Waals surface area contributed by atoms with Crippen LogP contribution in [-0.4, -0.2) is 25.5 Å². The standard InChI is InChI=1S/C23H23NOS/c1-16-10-12-17(13-11-16)22-18-7-4-5-8-20(18)25-23(19(22)15-24(2)3)21-9-6-14-26-21/h4-14,22H,15H2,1-3H3/t22-/m1/s1. The smallest absolute Gasteiger partial charge is 0.146 e. The molecule has 1 atom stereocenters. The minimum atomic E-state index is 0.208. The number of fused-ring (bicyclic) bond motifs is 1. The Balaban J connectivity index is 1.94. The lowest BCUT2D eigenvalue weighted by Gasteiger charge is -2.32. The number of hydrogen-bond donors (Lipinski definition) is 0. The zero-order valence-electron chi connectivity index (χ0n) is 15.4. The molecule has 132 valence electrons. The van der Waals surface area contributed by atoms with E-state index in [1.165, 1.54) is 27.1 Å². The van der Waals surface area contributed by atoms with E-state index >= 15 is 0 Å². The first-order chi connectivity index (χ1) is 12.6. The third-order valence-electron chi connectivity index (χ3n) is 4.72. The lowest BCUT2D eigenvalue weighted by molar-refractivity contribution is 0.415. The minimum Gasteiger partial charge on any atom is -0.456 e. The molecule has 0 saturated carbocycles. The molecule has 2 nitrogen and oxygen atoms in total. The van der Waals surface area contributed by atoms with Crippen LogP contribution in [-0.2, 0) is 0 Å².